The molecule has 0 aliphatic carbocycles. The van der Waals surface area contributed by atoms with Gasteiger partial charge in [0.25, 0.3) is 0 Å². The fraction of sp³-hybridized carbons (Fsp3) is 0.250. The van der Waals surface area contributed by atoms with Crippen molar-refractivity contribution in [3.05, 3.63) is 41.5 Å². The molecule has 1 heterocycles. The van der Waals surface area contributed by atoms with Gasteiger partial charge < -0.3 is 25.2 Å². The van der Waals surface area contributed by atoms with E-state index < -0.39 is 28.4 Å². The maximum absolute atomic E-state index is 11.7. The summed E-state index contributed by atoms with van der Waals surface area (Å²) in [5, 5.41) is 38.8. The van der Waals surface area contributed by atoms with Crippen LogP contribution >= 0.6 is 0 Å². The minimum absolute atomic E-state index is 0.0731. The van der Waals surface area contributed by atoms with E-state index >= 15 is 0 Å². The maximum Gasteiger partial charge on any atom is 0.400 e. The van der Waals surface area contributed by atoms with Crippen molar-refractivity contribution in [2.75, 3.05) is 7.11 Å². The van der Waals surface area contributed by atoms with Crippen LogP contribution < -0.4 is 4.74 Å². The van der Waals surface area contributed by atoms with Gasteiger partial charge in [0.15, 0.2) is 17.6 Å². The van der Waals surface area contributed by atoms with E-state index in [0.717, 1.165) is 13.2 Å². The summed E-state index contributed by atoms with van der Waals surface area (Å²) in [6.07, 6.45) is -2.23. The quantitative estimate of drug-likeness (QED) is 0.576. The van der Waals surface area contributed by atoms with Gasteiger partial charge in [0.2, 0.25) is 0 Å². The molecule has 10 heteroatoms. The van der Waals surface area contributed by atoms with Crippen molar-refractivity contribution in [2.45, 2.75) is 18.6 Å². The van der Waals surface area contributed by atoms with E-state index in [2.05, 4.69) is 4.18 Å². The van der Waals surface area contributed by atoms with Gasteiger partial charge in [-0.15, -0.1) is 0 Å². The number of aromatic hydroxyl groups is 4. The zero-order valence-electron chi connectivity index (χ0n) is 13.5. The SMILES string of the molecule is COS(=O)(=O)OC1Cc2c(O)cc(O)cc2OC1c1ccc(O)c(O)c1. The van der Waals surface area contributed by atoms with Crippen molar-refractivity contribution in [1.29, 1.82) is 0 Å². The van der Waals surface area contributed by atoms with E-state index in [1.807, 2.05) is 0 Å². The molecule has 140 valence electrons. The minimum atomic E-state index is -4.32. The Morgan fingerprint density at radius 1 is 1.04 bits per heavy atom. The van der Waals surface area contributed by atoms with Crippen LogP contribution in [0.25, 0.3) is 0 Å². The van der Waals surface area contributed by atoms with Crippen molar-refractivity contribution in [2.24, 2.45) is 0 Å². The van der Waals surface area contributed by atoms with Gasteiger partial charge in [-0.25, -0.2) is 4.18 Å². The molecule has 0 fully saturated rings. The molecule has 2 atom stereocenters. The van der Waals surface area contributed by atoms with Gasteiger partial charge >= 0.3 is 10.4 Å². The second-order valence-corrected chi connectivity index (χ2v) is 6.98. The number of phenolic OH excluding ortho intramolecular Hbond substituents is 4. The van der Waals surface area contributed by atoms with Crippen LogP contribution in [0.2, 0.25) is 0 Å². The summed E-state index contributed by atoms with van der Waals surface area (Å²) in [6.45, 7) is 0. The molecular formula is C16H16O9S. The van der Waals surface area contributed by atoms with Crippen LogP contribution in [0.5, 0.6) is 28.7 Å². The molecule has 26 heavy (non-hydrogen) atoms. The minimum Gasteiger partial charge on any atom is -0.508 e. The third kappa shape index (κ3) is 3.47. The summed E-state index contributed by atoms with van der Waals surface area (Å²) >= 11 is 0. The standard InChI is InChI=1S/C16H16O9S/c1-23-26(21,22)25-15-7-10-12(19)5-9(17)6-14(10)24-16(15)8-2-3-11(18)13(20)4-8/h2-6,15-20H,7H2,1H3. The lowest BCUT2D eigenvalue weighted by Crippen LogP contribution is -2.35. The summed E-state index contributed by atoms with van der Waals surface area (Å²) in [6, 6.07) is 6.19. The van der Waals surface area contributed by atoms with Gasteiger partial charge in [0.05, 0.1) is 7.11 Å². The molecule has 9 nitrogen and oxygen atoms in total. The zero-order chi connectivity index (χ0) is 19.1. The van der Waals surface area contributed by atoms with Crippen LogP contribution in [0.4, 0.5) is 0 Å². The average molecular weight is 384 g/mol. The van der Waals surface area contributed by atoms with Crippen molar-refractivity contribution >= 4 is 10.4 Å². The molecule has 2 aromatic rings. The third-order valence-electron chi connectivity index (χ3n) is 3.94. The number of hydrogen-bond donors (Lipinski definition) is 4. The molecule has 4 N–H and O–H groups in total. The number of fused-ring (bicyclic) bond motifs is 1. The molecule has 0 spiro atoms. The van der Waals surface area contributed by atoms with E-state index in [1.54, 1.807) is 0 Å². The first-order valence-electron chi connectivity index (χ1n) is 7.42. The second-order valence-electron chi connectivity index (χ2n) is 5.64. The van der Waals surface area contributed by atoms with E-state index in [1.165, 1.54) is 24.3 Å². The summed E-state index contributed by atoms with van der Waals surface area (Å²) < 4.78 is 38.5. The number of benzene rings is 2. The predicted octanol–water partition coefficient (Wildman–Crippen LogP) is 1.46. The largest absolute Gasteiger partial charge is 0.508 e. The van der Waals surface area contributed by atoms with Gasteiger partial charge in [0.1, 0.15) is 23.4 Å². The lowest BCUT2D eigenvalue weighted by Gasteiger charge is -2.33. The Kier molecular flexibility index (Phi) is 4.57. The van der Waals surface area contributed by atoms with Gasteiger partial charge in [-0.2, -0.15) is 8.42 Å². The molecule has 0 aromatic heterocycles. The van der Waals surface area contributed by atoms with Crippen molar-refractivity contribution < 1.29 is 41.9 Å². The second kappa shape index (κ2) is 6.56. The van der Waals surface area contributed by atoms with Crippen LogP contribution in [0, 0.1) is 0 Å². The van der Waals surface area contributed by atoms with E-state index in [-0.39, 0.29) is 35.0 Å². The van der Waals surface area contributed by atoms with Crippen molar-refractivity contribution in [3.8, 4) is 28.7 Å². The molecule has 1 aliphatic rings. The molecule has 2 unspecified atom stereocenters. The molecule has 0 amide bonds. The summed E-state index contributed by atoms with van der Waals surface area (Å²) in [4.78, 5) is 0. The Hall–Kier alpha value is -2.69. The Bertz CT molecular complexity index is 939. The first-order chi connectivity index (χ1) is 12.2. The topological polar surface area (TPSA) is 143 Å². The van der Waals surface area contributed by atoms with Crippen molar-refractivity contribution in [3.63, 3.8) is 0 Å². The van der Waals surface area contributed by atoms with Crippen molar-refractivity contribution in [1.82, 2.24) is 0 Å². The Morgan fingerprint density at radius 2 is 1.77 bits per heavy atom. The molecule has 0 saturated carbocycles. The normalized spacial score (nSPS) is 19.6. The number of phenols is 4. The van der Waals surface area contributed by atoms with Crippen LogP contribution in [0.1, 0.15) is 17.2 Å². The molecule has 0 radical (unpaired) electrons. The first-order valence-corrected chi connectivity index (χ1v) is 8.75. The third-order valence-corrected chi connectivity index (χ3v) is 4.83. The summed E-state index contributed by atoms with van der Waals surface area (Å²) in [5.41, 5.74) is 0.559. The molecule has 3 rings (SSSR count). The number of ether oxygens (including phenoxy) is 1. The highest BCUT2D eigenvalue weighted by Gasteiger charge is 2.37. The van der Waals surface area contributed by atoms with E-state index in [9.17, 15) is 28.8 Å². The van der Waals surface area contributed by atoms with Gasteiger partial charge in [-0.1, -0.05) is 6.07 Å². The summed E-state index contributed by atoms with van der Waals surface area (Å²) in [5.74, 6) is -1.17. The lowest BCUT2D eigenvalue weighted by molar-refractivity contribution is 0.0311. The van der Waals surface area contributed by atoms with Crippen LogP contribution in [0.3, 0.4) is 0 Å². The highest BCUT2D eigenvalue weighted by atomic mass is 32.3. The Balaban J connectivity index is 2.06. The fourth-order valence-electron chi connectivity index (χ4n) is 2.72. The molecular weight excluding hydrogens is 368 g/mol. The maximum atomic E-state index is 11.7. The summed E-state index contributed by atoms with van der Waals surface area (Å²) in [7, 11) is -3.39. The first kappa shape index (κ1) is 18.1. The molecule has 1 aliphatic heterocycles. The zero-order valence-corrected chi connectivity index (χ0v) is 14.3. The Labute approximate surface area is 149 Å². The Morgan fingerprint density at radius 3 is 2.42 bits per heavy atom. The van der Waals surface area contributed by atoms with Gasteiger partial charge in [0, 0.05) is 24.1 Å². The van der Waals surface area contributed by atoms with E-state index in [0.29, 0.717) is 5.56 Å². The number of hydrogen-bond acceptors (Lipinski definition) is 9. The highest BCUT2D eigenvalue weighted by Crippen LogP contribution is 2.44. The van der Waals surface area contributed by atoms with Crippen LogP contribution in [-0.2, 0) is 25.2 Å². The average Bonchev–Trinajstić information content (AvgIpc) is 2.57. The fourth-order valence-corrected chi connectivity index (χ4v) is 3.27. The number of rotatable bonds is 4. The molecule has 0 saturated heterocycles. The smallest absolute Gasteiger partial charge is 0.400 e. The van der Waals surface area contributed by atoms with E-state index in [4.69, 9.17) is 8.92 Å². The molecule has 2 aromatic carbocycles. The van der Waals surface area contributed by atoms with Crippen LogP contribution in [0.15, 0.2) is 30.3 Å². The monoisotopic (exact) mass is 384 g/mol. The molecule has 0 bridgehead atoms. The predicted molar refractivity (Wildman–Crippen MR) is 87.4 cm³/mol. The highest BCUT2D eigenvalue weighted by molar-refractivity contribution is 7.81. The van der Waals surface area contributed by atoms with Gasteiger partial charge in [-0.05, 0) is 17.7 Å². The van der Waals surface area contributed by atoms with Crippen LogP contribution in [-0.4, -0.2) is 42.1 Å². The van der Waals surface area contributed by atoms with Gasteiger partial charge in [-0.3, -0.25) is 4.18 Å². The lowest BCUT2D eigenvalue weighted by atomic mass is 9.94.